The third-order valence-corrected chi connectivity index (χ3v) is 4.91. The van der Waals surface area contributed by atoms with Crippen LogP contribution in [-0.4, -0.2) is 20.4 Å². The molecule has 0 spiro atoms. The average molecular weight is 378 g/mol. The molecule has 0 aliphatic rings. The minimum Gasteiger partial charge on any atom is -0.463 e. The number of anilines is 1. The molecular formula is C19H14N4O3S. The van der Waals surface area contributed by atoms with E-state index in [4.69, 9.17) is 4.42 Å². The molecule has 0 unspecified atom stereocenters. The first-order valence-corrected chi connectivity index (χ1v) is 8.86. The summed E-state index contributed by atoms with van der Waals surface area (Å²) in [5, 5.41) is 3.24. The summed E-state index contributed by atoms with van der Waals surface area (Å²) in [5.74, 6) is 0.309. The molecule has 4 aromatic heterocycles. The van der Waals surface area contributed by atoms with E-state index < -0.39 is 0 Å². The van der Waals surface area contributed by atoms with Crippen LogP contribution >= 0.6 is 11.3 Å². The summed E-state index contributed by atoms with van der Waals surface area (Å²) in [7, 11) is 1.69. The molecule has 0 saturated carbocycles. The standard InChI is InChI=1S/C19H14N4O3S/c1-23-11-13(4-5-15(23)24)17-16(14-3-2-10-26-14)21-19(27-17)22-18(25)12-6-8-20-9-7-12/h2-11H,1H3,(H,21,22,25). The molecule has 1 amide bonds. The van der Waals surface area contributed by atoms with Gasteiger partial charge in [-0.3, -0.25) is 19.9 Å². The number of nitrogens with one attached hydrogen (secondary N) is 1. The minimum atomic E-state index is -0.274. The van der Waals surface area contributed by atoms with Crippen LogP contribution in [0.1, 0.15) is 10.4 Å². The smallest absolute Gasteiger partial charge is 0.257 e. The van der Waals surface area contributed by atoms with Crippen LogP contribution in [-0.2, 0) is 7.05 Å². The number of aromatic nitrogens is 3. The van der Waals surface area contributed by atoms with Crippen LogP contribution in [0, 0.1) is 0 Å². The molecule has 4 aromatic rings. The summed E-state index contributed by atoms with van der Waals surface area (Å²) in [6.07, 6.45) is 6.41. The topological polar surface area (TPSA) is 90.0 Å². The number of furan rings is 1. The lowest BCUT2D eigenvalue weighted by Crippen LogP contribution is -2.13. The third-order valence-electron chi connectivity index (χ3n) is 3.89. The molecule has 0 atom stereocenters. The van der Waals surface area contributed by atoms with Gasteiger partial charge < -0.3 is 8.98 Å². The normalized spacial score (nSPS) is 10.7. The molecule has 4 rings (SSSR count). The lowest BCUT2D eigenvalue weighted by atomic mass is 10.2. The largest absolute Gasteiger partial charge is 0.463 e. The fourth-order valence-electron chi connectivity index (χ4n) is 2.55. The molecule has 0 saturated heterocycles. The van der Waals surface area contributed by atoms with Gasteiger partial charge >= 0.3 is 0 Å². The molecule has 134 valence electrons. The van der Waals surface area contributed by atoms with Gasteiger partial charge in [0.2, 0.25) is 5.56 Å². The molecule has 7 nitrogen and oxygen atoms in total. The SMILES string of the molecule is Cn1cc(-c2sc(NC(=O)c3ccncc3)nc2-c2ccco2)ccc1=O. The van der Waals surface area contributed by atoms with E-state index in [1.54, 1.807) is 62.2 Å². The maximum absolute atomic E-state index is 12.4. The van der Waals surface area contributed by atoms with E-state index in [9.17, 15) is 9.59 Å². The highest BCUT2D eigenvalue weighted by molar-refractivity contribution is 7.19. The van der Waals surface area contributed by atoms with Gasteiger partial charge in [-0.05, 0) is 30.3 Å². The van der Waals surface area contributed by atoms with Crippen molar-refractivity contribution in [3.8, 4) is 21.9 Å². The molecule has 27 heavy (non-hydrogen) atoms. The molecule has 0 aliphatic carbocycles. The molecule has 0 aromatic carbocycles. The van der Waals surface area contributed by atoms with Crippen molar-refractivity contribution in [1.29, 1.82) is 0 Å². The highest BCUT2D eigenvalue weighted by atomic mass is 32.1. The highest BCUT2D eigenvalue weighted by Gasteiger charge is 2.19. The van der Waals surface area contributed by atoms with Gasteiger partial charge in [0.25, 0.3) is 5.91 Å². The number of pyridine rings is 2. The predicted octanol–water partition coefficient (Wildman–Crippen LogP) is 3.42. The van der Waals surface area contributed by atoms with E-state index in [0.29, 0.717) is 22.1 Å². The number of rotatable bonds is 4. The second-order valence-corrected chi connectivity index (χ2v) is 6.73. The van der Waals surface area contributed by atoms with E-state index in [0.717, 1.165) is 10.4 Å². The molecule has 0 fully saturated rings. The molecule has 0 radical (unpaired) electrons. The van der Waals surface area contributed by atoms with Crippen LogP contribution in [0.3, 0.4) is 0 Å². The monoisotopic (exact) mass is 378 g/mol. The summed E-state index contributed by atoms with van der Waals surface area (Å²) >= 11 is 1.31. The fraction of sp³-hybridized carbons (Fsp3) is 0.0526. The maximum atomic E-state index is 12.4. The van der Waals surface area contributed by atoms with Gasteiger partial charge in [0.1, 0.15) is 5.69 Å². The van der Waals surface area contributed by atoms with E-state index >= 15 is 0 Å². The average Bonchev–Trinajstić information content (AvgIpc) is 3.34. The number of carbonyl (C=O) groups excluding carboxylic acids is 1. The van der Waals surface area contributed by atoms with E-state index in [-0.39, 0.29) is 11.5 Å². The number of aryl methyl sites for hydroxylation is 1. The second-order valence-electron chi connectivity index (χ2n) is 5.73. The van der Waals surface area contributed by atoms with Crippen LogP contribution in [0.5, 0.6) is 0 Å². The Hall–Kier alpha value is -3.52. The van der Waals surface area contributed by atoms with Crippen LogP contribution in [0.4, 0.5) is 5.13 Å². The summed E-state index contributed by atoms with van der Waals surface area (Å²) in [6, 6.07) is 10.1. The third kappa shape index (κ3) is 3.42. The fourth-order valence-corrected chi connectivity index (χ4v) is 3.51. The van der Waals surface area contributed by atoms with Crippen molar-refractivity contribution in [3.63, 3.8) is 0 Å². The van der Waals surface area contributed by atoms with E-state index in [1.165, 1.54) is 22.0 Å². The van der Waals surface area contributed by atoms with Crippen molar-refractivity contribution in [2.75, 3.05) is 5.32 Å². The van der Waals surface area contributed by atoms with Gasteiger partial charge in [-0.2, -0.15) is 0 Å². The lowest BCUT2D eigenvalue weighted by Gasteiger charge is -2.02. The van der Waals surface area contributed by atoms with Crippen molar-refractivity contribution in [2.45, 2.75) is 0 Å². The number of hydrogen-bond donors (Lipinski definition) is 1. The maximum Gasteiger partial charge on any atom is 0.257 e. The summed E-state index contributed by atoms with van der Waals surface area (Å²) in [4.78, 5) is 33.4. The first-order chi connectivity index (χ1) is 13.1. The highest BCUT2D eigenvalue weighted by Crippen LogP contribution is 2.38. The van der Waals surface area contributed by atoms with Crippen molar-refractivity contribution in [2.24, 2.45) is 7.05 Å². The molecule has 1 N–H and O–H groups in total. The number of nitrogens with zero attached hydrogens (tertiary/aromatic N) is 3. The van der Waals surface area contributed by atoms with Gasteiger partial charge in [-0.1, -0.05) is 11.3 Å². The molecule has 0 bridgehead atoms. The molecular weight excluding hydrogens is 364 g/mol. The Morgan fingerprint density at radius 2 is 2.00 bits per heavy atom. The number of amides is 1. The molecule has 8 heteroatoms. The molecule has 4 heterocycles. The summed E-state index contributed by atoms with van der Waals surface area (Å²) in [6.45, 7) is 0. The first kappa shape index (κ1) is 16.9. The second kappa shape index (κ2) is 7.00. The zero-order valence-corrected chi connectivity index (χ0v) is 15.1. The van der Waals surface area contributed by atoms with Crippen LogP contribution in [0.15, 0.2) is 70.5 Å². The zero-order chi connectivity index (χ0) is 18.8. The Bertz CT molecular complexity index is 1150. The van der Waals surface area contributed by atoms with Gasteiger partial charge in [-0.25, -0.2) is 4.98 Å². The van der Waals surface area contributed by atoms with Crippen molar-refractivity contribution in [1.82, 2.24) is 14.5 Å². The van der Waals surface area contributed by atoms with Crippen LogP contribution in [0.25, 0.3) is 21.9 Å². The van der Waals surface area contributed by atoms with Crippen molar-refractivity contribution in [3.05, 3.63) is 77.2 Å². The van der Waals surface area contributed by atoms with Gasteiger partial charge in [-0.15, -0.1) is 0 Å². The van der Waals surface area contributed by atoms with Gasteiger partial charge in [0, 0.05) is 42.8 Å². The number of thiazole rings is 1. The van der Waals surface area contributed by atoms with Crippen molar-refractivity contribution >= 4 is 22.4 Å². The summed E-state index contributed by atoms with van der Waals surface area (Å²) < 4.78 is 6.99. The number of hydrogen-bond acceptors (Lipinski definition) is 6. The Kier molecular flexibility index (Phi) is 4.39. The van der Waals surface area contributed by atoms with Crippen LogP contribution in [0.2, 0.25) is 0 Å². The Balaban J connectivity index is 1.75. The van der Waals surface area contributed by atoms with Gasteiger partial charge in [0.05, 0.1) is 11.1 Å². The number of carbonyl (C=O) groups is 1. The Morgan fingerprint density at radius 3 is 2.70 bits per heavy atom. The quantitative estimate of drug-likeness (QED) is 0.588. The van der Waals surface area contributed by atoms with Gasteiger partial charge in [0.15, 0.2) is 10.9 Å². The zero-order valence-electron chi connectivity index (χ0n) is 14.2. The Morgan fingerprint density at radius 1 is 1.19 bits per heavy atom. The first-order valence-electron chi connectivity index (χ1n) is 8.05. The van der Waals surface area contributed by atoms with E-state index in [2.05, 4.69) is 15.3 Å². The lowest BCUT2D eigenvalue weighted by molar-refractivity contribution is 0.102. The molecule has 0 aliphatic heterocycles. The van der Waals surface area contributed by atoms with E-state index in [1.807, 2.05) is 0 Å². The van der Waals surface area contributed by atoms with Crippen molar-refractivity contribution < 1.29 is 9.21 Å². The minimum absolute atomic E-state index is 0.103. The van der Waals surface area contributed by atoms with Crippen LogP contribution < -0.4 is 10.9 Å². The Labute approximate surface area is 158 Å². The predicted molar refractivity (Wildman–Crippen MR) is 103 cm³/mol. The summed E-state index contributed by atoms with van der Waals surface area (Å²) in [5.41, 5.74) is 1.80.